The molecule has 1 aromatic carbocycles. The molecular weight excluding hydrogens is 325 g/mol. The Morgan fingerprint density at radius 3 is 2.80 bits per heavy atom. The minimum absolute atomic E-state index is 0.0890. The van der Waals surface area contributed by atoms with Crippen LogP contribution in [0.2, 0.25) is 0 Å². The van der Waals surface area contributed by atoms with Crippen molar-refractivity contribution in [3.63, 3.8) is 0 Å². The molecule has 0 atom stereocenters. The van der Waals surface area contributed by atoms with Gasteiger partial charge in [0.2, 0.25) is 0 Å². The van der Waals surface area contributed by atoms with Crippen LogP contribution >= 0.6 is 0 Å². The molecule has 6 nitrogen and oxygen atoms in total. The van der Waals surface area contributed by atoms with Gasteiger partial charge in [0.1, 0.15) is 11.5 Å². The van der Waals surface area contributed by atoms with Crippen LogP contribution in [0.3, 0.4) is 0 Å². The number of carbonyl (C=O) groups is 1. The predicted octanol–water partition coefficient (Wildman–Crippen LogP) is 4.18. The van der Waals surface area contributed by atoms with Gasteiger partial charge in [-0.15, -0.1) is 0 Å². The highest BCUT2D eigenvalue weighted by atomic mass is 19.1. The van der Waals surface area contributed by atoms with Crippen molar-refractivity contribution in [2.75, 3.05) is 5.32 Å². The van der Waals surface area contributed by atoms with Gasteiger partial charge in [-0.3, -0.25) is 4.79 Å². The number of fused-ring (bicyclic) bond motifs is 1. The first kappa shape index (κ1) is 15.1. The number of hydrogen-bond acceptors (Lipinski definition) is 5. The molecule has 0 aliphatic rings. The highest BCUT2D eigenvalue weighted by Gasteiger charge is 2.20. The second-order valence-corrected chi connectivity index (χ2v) is 5.41. The number of benzene rings is 1. The van der Waals surface area contributed by atoms with Crippen molar-refractivity contribution in [1.29, 1.82) is 0 Å². The lowest BCUT2D eigenvalue weighted by Crippen LogP contribution is -2.14. The second kappa shape index (κ2) is 5.86. The Kier molecular flexibility index (Phi) is 3.53. The summed E-state index contributed by atoms with van der Waals surface area (Å²) in [5.41, 5.74) is 1.52. The number of amides is 1. The molecule has 25 heavy (non-hydrogen) atoms. The highest BCUT2D eigenvalue weighted by Crippen LogP contribution is 2.28. The van der Waals surface area contributed by atoms with Crippen LogP contribution in [0.1, 0.15) is 16.1 Å². The van der Waals surface area contributed by atoms with E-state index in [1.165, 1.54) is 18.4 Å². The lowest BCUT2D eigenvalue weighted by Gasteiger charge is -2.08. The van der Waals surface area contributed by atoms with Gasteiger partial charge in [0, 0.05) is 0 Å². The molecule has 4 rings (SSSR count). The van der Waals surface area contributed by atoms with Crippen molar-refractivity contribution in [1.82, 2.24) is 10.1 Å². The van der Waals surface area contributed by atoms with Gasteiger partial charge in [-0.05, 0) is 37.3 Å². The lowest BCUT2D eigenvalue weighted by atomic mass is 10.1. The van der Waals surface area contributed by atoms with Gasteiger partial charge >= 0.3 is 0 Å². The molecular formula is C18H12FN3O3. The first-order valence-corrected chi connectivity index (χ1v) is 7.50. The molecule has 0 saturated carbocycles. The number of nitrogens with one attached hydrogen (secondary N) is 1. The molecule has 124 valence electrons. The van der Waals surface area contributed by atoms with E-state index in [9.17, 15) is 9.18 Å². The fourth-order valence-electron chi connectivity index (χ4n) is 2.58. The number of aryl methyl sites for hydroxylation is 1. The SMILES string of the molecule is Cc1noc2nc(-c3ccco3)cc(C(=O)Nc3ccccc3F)c12. The first-order chi connectivity index (χ1) is 12.1. The maximum Gasteiger partial charge on any atom is 0.259 e. The van der Waals surface area contributed by atoms with Crippen molar-refractivity contribution < 1.29 is 18.1 Å². The normalized spacial score (nSPS) is 11.0. The number of hydrogen-bond donors (Lipinski definition) is 1. The van der Waals surface area contributed by atoms with Gasteiger partial charge in [-0.1, -0.05) is 17.3 Å². The molecule has 7 heteroatoms. The van der Waals surface area contributed by atoms with Crippen molar-refractivity contribution in [2.45, 2.75) is 6.92 Å². The number of para-hydroxylation sites is 1. The van der Waals surface area contributed by atoms with E-state index >= 15 is 0 Å². The molecule has 4 aromatic rings. The first-order valence-electron chi connectivity index (χ1n) is 7.50. The van der Waals surface area contributed by atoms with Gasteiger partial charge in [-0.25, -0.2) is 9.37 Å². The fourth-order valence-corrected chi connectivity index (χ4v) is 2.58. The van der Waals surface area contributed by atoms with Crippen LogP contribution in [-0.2, 0) is 0 Å². The molecule has 3 aromatic heterocycles. The van der Waals surface area contributed by atoms with Crippen LogP contribution in [0.15, 0.2) is 57.7 Å². The van der Waals surface area contributed by atoms with E-state index in [1.54, 1.807) is 37.3 Å². The Morgan fingerprint density at radius 1 is 1.20 bits per heavy atom. The van der Waals surface area contributed by atoms with Crippen LogP contribution in [0.5, 0.6) is 0 Å². The van der Waals surface area contributed by atoms with Crippen molar-refractivity contribution >= 4 is 22.7 Å². The molecule has 0 spiro atoms. The molecule has 0 aliphatic heterocycles. The largest absolute Gasteiger partial charge is 0.463 e. The van der Waals surface area contributed by atoms with Crippen molar-refractivity contribution in [2.24, 2.45) is 0 Å². The number of rotatable bonds is 3. The van der Waals surface area contributed by atoms with Gasteiger partial charge in [-0.2, -0.15) is 0 Å². The highest BCUT2D eigenvalue weighted by molar-refractivity contribution is 6.13. The third-order valence-electron chi connectivity index (χ3n) is 3.76. The quantitative estimate of drug-likeness (QED) is 0.606. The number of furan rings is 1. The average molecular weight is 337 g/mol. The van der Waals surface area contributed by atoms with E-state index in [0.717, 1.165) is 0 Å². The average Bonchev–Trinajstić information content (AvgIpc) is 3.26. The molecule has 0 saturated heterocycles. The summed E-state index contributed by atoms with van der Waals surface area (Å²) in [5, 5.41) is 6.91. The third kappa shape index (κ3) is 2.65. The van der Waals surface area contributed by atoms with E-state index < -0.39 is 11.7 Å². The summed E-state index contributed by atoms with van der Waals surface area (Å²) in [4.78, 5) is 17.1. The molecule has 0 unspecified atom stereocenters. The van der Waals surface area contributed by atoms with Crippen LogP contribution < -0.4 is 5.32 Å². The summed E-state index contributed by atoms with van der Waals surface area (Å²) in [6.07, 6.45) is 1.51. The molecule has 1 N–H and O–H groups in total. The lowest BCUT2D eigenvalue weighted by molar-refractivity contribution is 0.102. The summed E-state index contributed by atoms with van der Waals surface area (Å²) in [5.74, 6) is -0.526. The topological polar surface area (TPSA) is 81.2 Å². The Balaban J connectivity index is 1.83. The Hall–Kier alpha value is -3.48. The minimum Gasteiger partial charge on any atom is -0.463 e. The molecule has 1 amide bonds. The van der Waals surface area contributed by atoms with E-state index in [1.807, 2.05) is 0 Å². The number of anilines is 1. The molecule has 0 aliphatic carbocycles. The minimum atomic E-state index is -0.519. The summed E-state index contributed by atoms with van der Waals surface area (Å²) in [7, 11) is 0. The predicted molar refractivity (Wildman–Crippen MR) is 88.6 cm³/mol. The number of halogens is 1. The summed E-state index contributed by atoms with van der Waals surface area (Å²) in [6.45, 7) is 1.71. The van der Waals surface area contributed by atoms with Crippen molar-refractivity contribution in [3.8, 4) is 11.5 Å². The molecule has 0 bridgehead atoms. The van der Waals surface area contributed by atoms with Crippen LogP contribution in [0.4, 0.5) is 10.1 Å². The monoisotopic (exact) mass is 337 g/mol. The van der Waals surface area contributed by atoms with E-state index in [-0.39, 0.29) is 17.0 Å². The molecule has 0 fully saturated rings. The van der Waals surface area contributed by atoms with E-state index in [2.05, 4.69) is 15.5 Å². The third-order valence-corrected chi connectivity index (χ3v) is 3.76. The fraction of sp³-hybridized carbons (Fsp3) is 0.0556. The Morgan fingerprint density at radius 2 is 2.04 bits per heavy atom. The van der Waals surface area contributed by atoms with Crippen molar-refractivity contribution in [3.05, 3.63) is 65.8 Å². The summed E-state index contributed by atoms with van der Waals surface area (Å²) < 4.78 is 24.4. The second-order valence-electron chi connectivity index (χ2n) is 5.41. The van der Waals surface area contributed by atoms with Gasteiger partial charge in [0.05, 0.1) is 28.6 Å². The van der Waals surface area contributed by atoms with E-state index in [0.29, 0.717) is 22.5 Å². The molecule has 3 heterocycles. The Bertz CT molecular complexity index is 1070. The van der Waals surface area contributed by atoms with E-state index in [4.69, 9.17) is 8.94 Å². The van der Waals surface area contributed by atoms with Gasteiger partial charge in [0.25, 0.3) is 11.6 Å². The summed E-state index contributed by atoms with van der Waals surface area (Å²) in [6, 6.07) is 11.0. The number of nitrogens with zero attached hydrogens (tertiary/aromatic N) is 2. The zero-order valence-corrected chi connectivity index (χ0v) is 13.1. The standard InChI is InChI=1S/C18H12FN3O3/c1-10-16-11(17(23)20-13-6-3-2-5-12(13)19)9-14(15-7-4-8-24-15)21-18(16)25-22-10/h2-9H,1H3,(H,20,23). The number of pyridine rings is 1. The maximum absolute atomic E-state index is 13.8. The van der Waals surface area contributed by atoms with Gasteiger partial charge in [0.15, 0.2) is 5.76 Å². The Labute approximate surface area is 141 Å². The van der Waals surface area contributed by atoms with Crippen LogP contribution in [0, 0.1) is 12.7 Å². The maximum atomic E-state index is 13.8. The van der Waals surface area contributed by atoms with Gasteiger partial charge < -0.3 is 14.3 Å². The number of aromatic nitrogens is 2. The van der Waals surface area contributed by atoms with Crippen LogP contribution in [-0.4, -0.2) is 16.0 Å². The van der Waals surface area contributed by atoms with Crippen LogP contribution in [0.25, 0.3) is 22.6 Å². The zero-order chi connectivity index (χ0) is 17.4. The molecule has 0 radical (unpaired) electrons. The zero-order valence-electron chi connectivity index (χ0n) is 13.1. The summed E-state index contributed by atoms with van der Waals surface area (Å²) >= 11 is 0. The smallest absolute Gasteiger partial charge is 0.259 e. The number of carbonyl (C=O) groups excluding carboxylic acids is 1.